The summed E-state index contributed by atoms with van der Waals surface area (Å²) in [7, 11) is 3.79. The third-order valence-electron chi connectivity index (χ3n) is 4.87. The lowest BCUT2D eigenvalue weighted by molar-refractivity contribution is -0.155. The van der Waals surface area contributed by atoms with Crippen molar-refractivity contribution in [2.24, 2.45) is 5.41 Å². The van der Waals surface area contributed by atoms with E-state index in [1.54, 1.807) is 0 Å². The Labute approximate surface area is 131 Å². The second kappa shape index (κ2) is 5.72. The molecule has 1 N–H and O–H groups in total. The molecule has 2 heterocycles. The van der Waals surface area contributed by atoms with Crippen LogP contribution in [0.25, 0.3) is 0 Å². The highest BCUT2D eigenvalue weighted by atomic mass is 16.2. The lowest BCUT2D eigenvalue weighted by Crippen LogP contribution is -2.65. The molecule has 1 atom stereocenters. The summed E-state index contributed by atoms with van der Waals surface area (Å²) in [4.78, 5) is 28.1. The molecule has 1 unspecified atom stereocenters. The molecule has 1 spiro atoms. The van der Waals surface area contributed by atoms with Crippen LogP contribution in [0.15, 0.2) is 30.3 Å². The molecular weight excluding hydrogens is 278 g/mol. The van der Waals surface area contributed by atoms with Crippen LogP contribution >= 0.6 is 0 Å². The number of likely N-dealkylation sites (N-methyl/N-ethyl adjacent to an activating group) is 1. The molecule has 2 aliphatic rings. The van der Waals surface area contributed by atoms with E-state index in [0.717, 1.165) is 18.4 Å². The molecule has 0 aromatic heterocycles. The van der Waals surface area contributed by atoms with Crippen LogP contribution in [0, 0.1) is 5.41 Å². The fourth-order valence-corrected chi connectivity index (χ4v) is 3.56. The molecule has 22 heavy (non-hydrogen) atoms. The van der Waals surface area contributed by atoms with Crippen LogP contribution in [0.3, 0.4) is 0 Å². The fraction of sp³-hybridized carbons (Fsp3) is 0.529. The number of piperidine rings is 1. The molecule has 5 nitrogen and oxygen atoms in total. The Morgan fingerprint density at radius 2 is 1.91 bits per heavy atom. The minimum absolute atomic E-state index is 0.0901. The first-order valence-corrected chi connectivity index (χ1v) is 7.81. The topological polar surface area (TPSA) is 52.7 Å². The molecule has 0 radical (unpaired) electrons. The zero-order chi connectivity index (χ0) is 15.7. The molecule has 2 saturated heterocycles. The van der Waals surface area contributed by atoms with Crippen molar-refractivity contribution in [2.45, 2.75) is 18.9 Å². The maximum atomic E-state index is 12.2. The maximum absolute atomic E-state index is 12.2. The number of rotatable bonds is 3. The van der Waals surface area contributed by atoms with Crippen molar-refractivity contribution in [3.63, 3.8) is 0 Å². The van der Waals surface area contributed by atoms with Crippen molar-refractivity contribution in [3.05, 3.63) is 35.9 Å². The number of likely N-dealkylation sites (tertiary alicyclic amines) is 1. The van der Waals surface area contributed by atoms with Crippen LogP contribution in [0.5, 0.6) is 0 Å². The predicted octanol–water partition coefficient (Wildman–Crippen LogP) is 1.03. The summed E-state index contributed by atoms with van der Waals surface area (Å²) in [5, 5.41) is 3.05. The highest BCUT2D eigenvalue weighted by molar-refractivity contribution is 5.91. The van der Waals surface area contributed by atoms with E-state index in [1.807, 2.05) is 42.1 Å². The highest BCUT2D eigenvalue weighted by Gasteiger charge is 2.56. The zero-order valence-corrected chi connectivity index (χ0v) is 13.2. The quantitative estimate of drug-likeness (QED) is 0.848. The molecule has 5 heteroatoms. The Morgan fingerprint density at radius 1 is 1.27 bits per heavy atom. The van der Waals surface area contributed by atoms with E-state index >= 15 is 0 Å². The Kier molecular flexibility index (Phi) is 3.91. The van der Waals surface area contributed by atoms with Crippen LogP contribution in [0.2, 0.25) is 0 Å². The van der Waals surface area contributed by atoms with Gasteiger partial charge in [0.1, 0.15) is 0 Å². The molecule has 2 amide bonds. The van der Waals surface area contributed by atoms with Gasteiger partial charge in [0, 0.05) is 13.1 Å². The molecule has 3 rings (SSSR count). The lowest BCUT2D eigenvalue weighted by atomic mass is 9.64. The number of carbonyl (C=O) groups is 2. The van der Waals surface area contributed by atoms with Gasteiger partial charge in [-0.3, -0.25) is 9.59 Å². The molecule has 118 valence electrons. The van der Waals surface area contributed by atoms with E-state index < -0.39 is 0 Å². The van der Waals surface area contributed by atoms with Crippen molar-refractivity contribution in [1.29, 1.82) is 0 Å². The summed E-state index contributed by atoms with van der Waals surface area (Å²) in [5.41, 5.74) is 0.839. The molecule has 0 bridgehead atoms. The van der Waals surface area contributed by atoms with Gasteiger partial charge in [0.15, 0.2) is 0 Å². The number of carbonyl (C=O) groups excluding carboxylic acids is 2. The van der Waals surface area contributed by atoms with Gasteiger partial charge in [-0.15, -0.1) is 0 Å². The van der Waals surface area contributed by atoms with E-state index in [0.29, 0.717) is 19.6 Å². The highest BCUT2D eigenvalue weighted by Crippen LogP contribution is 2.49. The molecule has 0 aliphatic carbocycles. The Bertz CT molecular complexity index is 563. The van der Waals surface area contributed by atoms with E-state index in [2.05, 4.69) is 17.4 Å². The summed E-state index contributed by atoms with van der Waals surface area (Å²) >= 11 is 0. The van der Waals surface area contributed by atoms with Gasteiger partial charge in [-0.1, -0.05) is 30.3 Å². The van der Waals surface area contributed by atoms with Crippen molar-refractivity contribution < 1.29 is 9.59 Å². The van der Waals surface area contributed by atoms with Gasteiger partial charge in [-0.2, -0.15) is 0 Å². The van der Waals surface area contributed by atoms with Crippen molar-refractivity contribution in [2.75, 3.05) is 33.7 Å². The predicted molar refractivity (Wildman–Crippen MR) is 84.1 cm³/mol. The normalized spacial score (nSPS) is 23.3. The monoisotopic (exact) mass is 301 g/mol. The van der Waals surface area contributed by atoms with E-state index in [4.69, 9.17) is 0 Å². The number of hydrogen-bond donors (Lipinski definition) is 1. The van der Waals surface area contributed by atoms with Gasteiger partial charge in [-0.25, -0.2) is 0 Å². The Hall–Kier alpha value is -1.88. The van der Waals surface area contributed by atoms with E-state index in [1.165, 1.54) is 0 Å². The minimum Gasteiger partial charge on any atom is -0.348 e. The fourth-order valence-electron chi connectivity index (χ4n) is 3.56. The SMILES string of the molecule is CN(C)CC(=O)N1CCC2(CC1)C(=O)NC2c1ccccc1. The van der Waals surface area contributed by atoms with Crippen molar-refractivity contribution >= 4 is 11.8 Å². The third kappa shape index (κ3) is 2.50. The first-order valence-electron chi connectivity index (χ1n) is 7.81. The number of β-lactam (4-membered cyclic amide) rings is 1. The Balaban J connectivity index is 1.68. The summed E-state index contributed by atoms with van der Waals surface area (Å²) in [6.45, 7) is 1.77. The zero-order valence-electron chi connectivity index (χ0n) is 13.2. The Morgan fingerprint density at radius 3 is 2.45 bits per heavy atom. The number of nitrogens with zero attached hydrogens (tertiary/aromatic N) is 2. The van der Waals surface area contributed by atoms with Crippen molar-refractivity contribution in [1.82, 2.24) is 15.1 Å². The first-order chi connectivity index (χ1) is 10.5. The van der Waals surface area contributed by atoms with Gasteiger partial charge in [0.05, 0.1) is 18.0 Å². The van der Waals surface area contributed by atoms with Gasteiger partial charge >= 0.3 is 0 Å². The second-order valence-electron chi connectivity index (χ2n) is 6.59. The second-order valence-corrected chi connectivity index (χ2v) is 6.59. The summed E-state index contributed by atoms with van der Waals surface area (Å²) < 4.78 is 0. The maximum Gasteiger partial charge on any atom is 0.236 e. The van der Waals surface area contributed by atoms with Crippen LogP contribution in [-0.2, 0) is 9.59 Å². The lowest BCUT2D eigenvalue weighted by Gasteiger charge is -2.52. The molecular formula is C17H23N3O2. The average molecular weight is 301 g/mol. The summed E-state index contributed by atoms with van der Waals surface area (Å²) in [6.07, 6.45) is 1.50. The van der Waals surface area contributed by atoms with Gasteiger partial charge in [0.25, 0.3) is 0 Å². The average Bonchev–Trinajstić information content (AvgIpc) is 2.52. The number of nitrogens with one attached hydrogen (secondary N) is 1. The largest absolute Gasteiger partial charge is 0.348 e. The van der Waals surface area contributed by atoms with Crippen LogP contribution in [0.4, 0.5) is 0 Å². The van der Waals surface area contributed by atoms with Crippen LogP contribution < -0.4 is 5.32 Å². The molecule has 1 aromatic rings. The molecule has 1 aromatic carbocycles. The number of hydrogen-bond acceptors (Lipinski definition) is 3. The third-order valence-corrected chi connectivity index (χ3v) is 4.87. The van der Waals surface area contributed by atoms with Gasteiger partial charge < -0.3 is 15.1 Å². The molecule has 2 fully saturated rings. The van der Waals surface area contributed by atoms with Crippen molar-refractivity contribution in [3.8, 4) is 0 Å². The van der Waals surface area contributed by atoms with Crippen LogP contribution in [0.1, 0.15) is 24.4 Å². The number of benzene rings is 1. The summed E-state index contributed by atoms with van der Waals surface area (Å²) in [6, 6.07) is 10.2. The first kappa shape index (κ1) is 15.0. The van der Waals surface area contributed by atoms with E-state index in [9.17, 15) is 9.59 Å². The minimum atomic E-state index is -0.323. The van der Waals surface area contributed by atoms with Gasteiger partial charge in [0.2, 0.25) is 11.8 Å². The van der Waals surface area contributed by atoms with E-state index in [-0.39, 0.29) is 23.3 Å². The van der Waals surface area contributed by atoms with Crippen LogP contribution in [-0.4, -0.2) is 55.3 Å². The molecule has 0 saturated carbocycles. The summed E-state index contributed by atoms with van der Waals surface area (Å²) in [5.74, 6) is 0.289. The van der Waals surface area contributed by atoms with Gasteiger partial charge in [-0.05, 0) is 32.5 Å². The number of amides is 2. The standard InChI is InChI=1S/C17H23N3O2/c1-19(2)12-14(21)20-10-8-17(9-11-20)15(18-16(17)22)13-6-4-3-5-7-13/h3-7,15H,8-12H2,1-2H3,(H,18,22). The molecule has 2 aliphatic heterocycles. The smallest absolute Gasteiger partial charge is 0.236 e.